The van der Waals surface area contributed by atoms with Gasteiger partial charge in [0, 0.05) is 39.8 Å². The first-order chi connectivity index (χ1) is 9.17. The maximum atomic E-state index is 6.07. The maximum absolute atomic E-state index is 6.07. The first-order valence-corrected chi connectivity index (χ1v) is 8.96. The van der Waals surface area contributed by atoms with Crippen molar-refractivity contribution in [3.8, 4) is 0 Å². The molecule has 3 unspecified atom stereocenters. The van der Waals surface area contributed by atoms with Gasteiger partial charge in [0.05, 0.1) is 5.02 Å². The van der Waals surface area contributed by atoms with Crippen LogP contribution in [0, 0.1) is 0 Å². The standard InChI is InChI=1S/C13H20ClN3S2/c1-3-10-12(19-5-4-18-10)11(16-2)9-6-8(14)7-17-13(9)15/h6-7,10-12,16H,3-5H2,1-2H3,(H2,15,17). The Bertz CT molecular complexity index is 430. The maximum Gasteiger partial charge on any atom is 0.128 e. The summed E-state index contributed by atoms with van der Waals surface area (Å²) in [4.78, 5) is 4.18. The van der Waals surface area contributed by atoms with E-state index in [0.717, 1.165) is 5.56 Å². The number of nitrogens with one attached hydrogen (secondary N) is 1. The molecule has 1 aromatic rings. The summed E-state index contributed by atoms with van der Waals surface area (Å²) in [5.41, 5.74) is 7.06. The van der Waals surface area contributed by atoms with E-state index >= 15 is 0 Å². The number of rotatable bonds is 4. The Hall–Kier alpha value is -0.100. The largest absolute Gasteiger partial charge is 0.383 e. The predicted octanol–water partition coefficient (Wildman–Crippen LogP) is 3.20. The zero-order valence-corrected chi connectivity index (χ0v) is 13.6. The first kappa shape index (κ1) is 15.3. The van der Waals surface area contributed by atoms with Gasteiger partial charge in [0.15, 0.2) is 0 Å². The molecule has 0 aromatic carbocycles. The Labute approximate surface area is 128 Å². The number of nitrogens with zero attached hydrogens (tertiary/aromatic N) is 1. The normalized spacial score (nSPS) is 25.2. The van der Waals surface area contributed by atoms with Crippen LogP contribution in [0.4, 0.5) is 5.82 Å². The van der Waals surface area contributed by atoms with E-state index in [-0.39, 0.29) is 6.04 Å². The number of hydrogen-bond acceptors (Lipinski definition) is 5. The molecule has 6 heteroatoms. The molecular formula is C13H20ClN3S2. The minimum absolute atomic E-state index is 0.203. The molecule has 2 heterocycles. The molecule has 1 aliphatic heterocycles. The molecule has 3 atom stereocenters. The van der Waals surface area contributed by atoms with E-state index in [9.17, 15) is 0 Å². The van der Waals surface area contributed by atoms with Crippen LogP contribution in [0.3, 0.4) is 0 Å². The molecule has 1 saturated heterocycles. The molecule has 3 N–H and O–H groups in total. The number of halogens is 1. The third-order valence-electron chi connectivity index (χ3n) is 3.39. The van der Waals surface area contributed by atoms with E-state index in [0.29, 0.717) is 21.3 Å². The van der Waals surface area contributed by atoms with Crippen molar-refractivity contribution >= 4 is 40.9 Å². The highest BCUT2D eigenvalue weighted by atomic mass is 35.5. The lowest BCUT2D eigenvalue weighted by molar-refractivity contribution is 0.544. The predicted molar refractivity (Wildman–Crippen MR) is 88.2 cm³/mol. The van der Waals surface area contributed by atoms with Gasteiger partial charge in [0.25, 0.3) is 0 Å². The first-order valence-electron chi connectivity index (χ1n) is 6.48. The molecule has 2 rings (SSSR count). The van der Waals surface area contributed by atoms with Crippen LogP contribution < -0.4 is 11.1 Å². The Morgan fingerprint density at radius 1 is 1.53 bits per heavy atom. The number of aromatic nitrogens is 1. The van der Waals surface area contributed by atoms with Gasteiger partial charge in [-0.15, -0.1) is 0 Å². The van der Waals surface area contributed by atoms with E-state index in [1.807, 2.05) is 24.9 Å². The van der Waals surface area contributed by atoms with E-state index in [1.54, 1.807) is 6.20 Å². The number of nitrogens with two attached hydrogens (primary N) is 1. The van der Waals surface area contributed by atoms with Crippen molar-refractivity contribution in [1.29, 1.82) is 0 Å². The van der Waals surface area contributed by atoms with Gasteiger partial charge in [-0.1, -0.05) is 18.5 Å². The molecule has 0 bridgehead atoms. The molecule has 19 heavy (non-hydrogen) atoms. The van der Waals surface area contributed by atoms with Crippen LogP contribution in [-0.4, -0.2) is 34.0 Å². The molecule has 106 valence electrons. The summed E-state index contributed by atoms with van der Waals surface area (Å²) in [6, 6.07) is 2.14. The SMILES string of the molecule is CCC1SCCSC1C(NC)c1cc(Cl)cnc1N. The van der Waals surface area contributed by atoms with Gasteiger partial charge in [0.2, 0.25) is 0 Å². The monoisotopic (exact) mass is 317 g/mol. The van der Waals surface area contributed by atoms with E-state index in [2.05, 4.69) is 29.0 Å². The molecule has 0 spiro atoms. The lowest BCUT2D eigenvalue weighted by Gasteiger charge is -2.36. The van der Waals surface area contributed by atoms with Crippen molar-refractivity contribution in [3.63, 3.8) is 0 Å². The van der Waals surface area contributed by atoms with E-state index < -0.39 is 0 Å². The summed E-state index contributed by atoms with van der Waals surface area (Å²) in [6.07, 6.45) is 2.78. The summed E-state index contributed by atoms with van der Waals surface area (Å²) in [7, 11) is 1.98. The van der Waals surface area contributed by atoms with Gasteiger partial charge in [-0.3, -0.25) is 0 Å². The molecule has 0 saturated carbocycles. The molecule has 1 fully saturated rings. The number of pyridine rings is 1. The number of hydrogen-bond donors (Lipinski definition) is 2. The quantitative estimate of drug-likeness (QED) is 0.893. The molecule has 1 aromatic heterocycles. The van der Waals surface area contributed by atoms with Crippen molar-refractivity contribution < 1.29 is 0 Å². The van der Waals surface area contributed by atoms with Crippen LogP contribution >= 0.6 is 35.1 Å². The second kappa shape index (κ2) is 7.07. The summed E-state index contributed by atoms with van der Waals surface area (Å²) in [5.74, 6) is 3.01. The minimum atomic E-state index is 0.203. The Morgan fingerprint density at radius 2 is 2.26 bits per heavy atom. The second-order valence-electron chi connectivity index (χ2n) is 4.55. The fourth-order valence-corrected chi connectivity index (χ4v) is 5.91. The van der Waals surface area contributed by atoms with Crippen molar-refractivity contribution in [2.24, 2.45) is 0 Å². The molecule has 0 amide bonds. The summed E-state index contributed by atoms with van der Waals surface area (Å²) in [6.45, 7) is 2.25. The van der Waals surface area contributed by atoms with Gasteiger partial charge in [-0.05, 0) is 19.5 Å². The fourth-order valence-electron chi connectivity index (χ4n) is 2.46. The van der Waals surface area contributed by atoms with Crippen LogP contribution in [0.15, 0.2) is 12.3 Å². The van der Waals surface area contributed by atoms with Gasteiger partial charge in [0.1, 0.15) is 5.82 Å². The van der Waals surface area contributed by atoms with Crippen LogP contribution in [0.25, 0.3) is 0 Å². The highest BCUT2D eigenvalue weighted by Gasteiger charge is 2.33. The minimum Gasteiger partial charge on any atom is -0.383 e. The smallest absolute Gasteiger partial charge is 0.128 e. The van der Waals surface area contributed by atoms with Crippen LogP contribution in [0.5, 0.6) is 0 Å². The number of nitrogen functional groups attached to an aromatic ring is 1. The van der Waals surface area contributed by atoms with Crippen molar-refractivity contribution in [1.82, 2.24) is 10.3 Å². The average Bonchev–Trinajstić information content (AvgIpc) is 2.44. The zero-order valence-electron chi connectivity index (χ0n) is 11.2. The van der Waals surface area contributed by atoms with Crippen LogP contribution in [0.1, 0.15) is 24.9 Å². The number of thioether (sulfide) groups is 2. The highest BCUT2D eigenvalue weighted by molar-refractivity contribution is 8.07. The molecule has 0 radical (unpaired) electrons. The lowest BCUT2D eigenvalue weighted by Crippen LogP contribution is -2.37. The van der Waals surface area contributed by atoms with Crippen molar-refractivity contribution in [2.75, 3.05) is 24.3 Å². The highest BCUT2D eigenvalue weighted by Crippen LogP contribution is 2.41. The molecule has 1 aliphatic rings. The molecule has 3 nitrogen and oxygen atoms in total. The van der Waals surface area contributed by atoms with Gasteiger partial charge in [-0.25, -0.2) is 4.98 Å². The van der Waals surface area contributed by atoms with Crippen molar-refractivity contribution in [2.45, 2.75) is 29.9 Å². The Balaban J connectivity index is 2.29. The summed E-state index contributed by atoms with van der Waals surface area (Å²) in [5, 5.41) is 5.21. The van der Waals surface area contributed by atoms with Gasteiger partial charge in [-0.2, -0.15) is 23.5 Å². The number of anilines is 1. The third-order valence-corrected chi connectivity index (χ3v) is 6.94. The topological polar surface area (TPSA) is 50.9 Å². The third kappa shape index (κ3) is 3.51. The molecular weight excluding hydrogens is 298 g/mol. The zero-order chi connectivity index (χ0) is 13.8. The molecule has 0 aliphatic carbocycles. The summed E-state index contributed by atoms with van der Waals surface area (Å²) >= 11 is 10.2. The van der Waals surface area contributed by atoms with E-state index in [1.165, 1.54) is 17.9 Å². The fraction of sp³-hybridized carbons (Fsp3) is 0.615. The summed E-state index contributed by atoms with van der Waals surface area (Å²) < 4.78 is 0. The second-order valence-corrected chi connectivity index (χ2v) is 7.62. The van der Waals surface area contributed by atoms with Gasteiger partial charge < -0.3 is 11.1 Å². The van der Waals surface area contributed by atoms with E-state index in [4.69, 9.17) is 17.3 Å². The average molecular weight is 318 g/mol. The lowest BCUT2D eigenvalue weighted by atomic mass is 10.0. The van der Waals surface area contributed by atoms with Crippen molar-refractivity contribution in [3.05, 3.63) is 22.8 Å². The van der Waals surface area contributed by atoms with Crippen LogP contribution in [0.2, 0.25) is 5.02 Å². The Morgan fingerprint density at radius 3 is 2.95 bits per heavy atom. The van der Waals surface area contributed by atoms with Gasteiger partial charge >= 0.3 is 0 Å². The van der Waals surface area contributed by atoms with Crippen LogP contribution in [-0.2, 0) is 0 Å². The Kier molecular flexibility index (Phi) is 5.69.